The van der Waals surface area contributed by atoms with Gasteiger partial charge in [-0.3, -0.25) is 4.79 Å². The normalized spacial score (nSPS) is 12.9. The number of carbonyl (C=O) groups is 1. The average molecular weight is 329 g/mol. The van der Waals surface area contributed by atoms with E-state index in [0.29, 0.717) is 24.6 Å². The molecule has 1 unspecified atom stereocenters. The monoisotopic (exact) mass is 329 g/mol. The molecule has 0 radical (unpaired) electrons. The molecule has 1 heterocycles. The van der Waals surface area contributed by atoms with Gasteiger partial charge in [0.1, 0.15) is 0 Å². The Hall–Kier alpha value is -2.17. The lowest BCUT2D eigenvalue weighted by molar-refractivity contribution is -0.121. The van der Waals surface area contributed by atoms with Crippen LogP contribution in [0.5, 0.6) is 0 Å². The lowest BCUT2D eigenvalue weighted by Gasteiger charge is -2.18. The van der Waals surface area contributed by atoms with Crippen LogP contribution in [-0.4, -0.2) is 22.1 Å². The Morgan fingerprint density at radius 1 is 1.25 bits per heavy atom. The zero-order chi connectivity index (χ0) is 17.7. The molecule has 1 N–H and O–H groups in total. The molecule has 0 bridgehead atoms. The van der Waals surface area contributed by atoms with E-state index in [0.717, 1.165) is 12.0 Å². The van der Waals surface area contributed by atoms with E-state index in [1.165, 1.54) is 5.56 Å². The van der Waals surface area contributed by atoms with Crippen molar-refractivity contribution in [3.63, 3.8) is 0 Å². The minimum Gasteiger partial charge on any atom is -0.354 e. The molecule has 130 valence electrons. The quantitative estimate of drug-likeness (QED) is 0.873. The second-order valence-electron chi connectivity index (χ2n) is 7.22. The third kappa shape index (κ3) is 4.91. The van der Waals surface area contributed by atoms with Crippen molar-refractivity contribution in [2.45, 2.75) is 65.3 Å². The Bertz CT molecular complexity index is 669. The number of hydrogen-bond acceptors (Lipinski definition) is 4. The highest BCUT2D eigenvalue weighted by atomic mass is 16.5. The van der Waals surface area contributed by atoms with Crippen molar-refractivity contribution >= 4 is 5.91 Å². The molecule has 0 fully saturated rings. The standard InChI is InChI=1S/C19H27N3O2/c1-6-13(2)20-16(23)11-12-17-21-18(22-24-17)14-7-9-15(10-8-14)19(3,4)5/h7-10,13H,6,11-12H2,1-5H3,(H,20,23). The highest BCUT2D eigenvalue weighted by Crippen LogP contribution is 2.25. The number of nitrogens with one attached hydrogen (secondary N) is 1. The maximum Gasteiger partial charge on any atom is 0.227 e. The summed E-state index contributed by atoms with van der Waals surface area (Å²) in [6.45, 7) is 10.6. The average Bonchev–Trinajstić information content (AvgIpc) is 3.01. The van der Waals surface area contributed by atoms with Crippen LogP contribution in [0, 0.1) is 0 Å². The first-order valence-electron chi connectivity index (χ1n) is 8.52. The van der Waals surface area contributed by atoms with Crippen LogP contribution in [-0.2, 0) is 16.6 Å². The Morgan fingerprint density at radius 2 is 1.92 bits per heavy atom. The number of carbonyl (C=O) groups excluding carboxylic acids is 1. The molecule has 5 heteroatoms. The summed E-state index contributed by atoms with van der Waals surface area (Å²) < 4.78 is 5.26. The topological polar surface area (TPSA) is 68.0 Å². The van der Waals surface area contributed by atoms with Gasteiger partial charge >= 0.3 is 0 Å². The highest BCUT2D eigenvalue weighted by molar-refractivity contribution is 5.76. The maximum atomic E-state index is 11.8. The first kappa shape index (κ1) is 18.2. The molecule has 1 aromatic carbocycles. The summed E-state index contributed by atoms with van der Waals surface area (Å²) >= 11 is 0. The van der Waals surface area contributed by atoms with E-state index in [2.05, 4.69) is 48.4 Å². The summed E-state index contributed by atoms with van der Waals surface area (Å²) in [5.74, 6) is 1.07. The summed E-state index contributed by atoms with van der Waals surface area (Å²) in [6.07, 6.45) is 1.73. The van der Waals surface area contributed by atoms with Crippen LogP contribution in [0.3, 0.4) is 0 Å². The van der Waals surface area contributed by atoms with Gasteiger partial charge in [-0.05, 0) is 24.3 Å². The predicted molar refractivity (Wildman–Crippen MR) is 94.7 cm³/mol. The first-order valence-corrected chi connectivity index (χ1v) is 8.52. The van der Waals surface area contributed by atoms with Crippen LogP contribution < -0.4 is 5.32 Å². The summed E-state index contributed by atoms with van der Waals surface area (Å²) in [5, 5.41) is 6.95. The molecular formula is C19H27N3O2. The Kier molecular flexibility index (Phi) is 5.75. The molecule has 0 aliphatic rings. The van der Waals surface area contributed by atoms with Crippen molar-refractivity contribution in [1.29, 1.82) is 0 Å². The van der Waals surface area contributed by atoms with Gasteiger partial charge in [-0.2, -0.15) is 4.98 Å². The summed E-state index contributed by atoms with van der Waals surface area (Å²) in [6, 6.07) is 8.38. The number of aryl methyl sites for hydroxylation is 1. The van der Waals surface area contributed by atoms with Crippen molar-refractivity contribution in [2.75, 3.05) is 0 Å². The molecule has 0 saturated carbocycles. The molecular weight excluding hydrogens is 302 g/mol. The van der Waals surface area contributed by atoms with Crippen LogP contribution in [0.25, 0.3) is 11.4 Å². The van der Waals surface area contributed by atoms with Gasteiger partial charge in [-0.15, -0.1) is 0 Å². The molecule has 0 aliphatic carbocycles. The highest BCUT2D eigenvalue weighted by Gasteiger charge is 2.15. The molecule has 2 rings (SSSR count). The van der Waals surface area contributed by atoms with E-state index in [-0.39, 0.29) is 17.4 Å². The zero-order valence-corrected chi connectivity index (χ0v) is 15.2. The van der Waals surface area contributed by atoms with Crippen molar-refractivity contribution in [1.82, 2.24) is 15.5 Å². The van der Waals surface area contributed by atoms with Gasteiger partial charge in [0.25, 0.3) is 0 Å². The molecule has 1 amide bonds. The molecule has 0 spiro atoms. The number of amides is 1. The number of aromatic nitrogens is 2. The van der Waals surface area contributed by atoms with Crippen molar-refractivity contribution < 1.29 is 9.32 Å². The van der Waals surface area contributed by atoms with Crippen LogP contribution in [0.4, 0.5) is 0 Å². The van der Waals surface area contributed by atoms with Gasteiger partial charge < -0.3 is 9.84 Å². The molecule has 1 aromatic heterocycles. The van der Waals surface area contributed by atoms with Crippen molar-refractivity contribution in [3.05, 3.63) is 35.7 Å². The van der Waals surface area contributed by atoms with E-state index in [4.69, 9.17) is 4.52 Å². The van der Waals surface area contributed by atoms with Gasteiger partial charge in [0.05, 0.1) is 0 Å². The number of nitrogens with zero attached hydrogens (tertiary/aromatic N) is 2. The zero-order valence-electron chi connectivity index (χ0n) is 15.2. The summed E-state index contributed by atoms with van der Waals surface area (Å²) in [5.41, 5.74) is 2.29. The fraction of sp³-hybridized carbons (Fsp3) is 0.526. The molecule has 0 aliphatic heterocycles. The van der Waals surface area contributed by atoms with E-state index in [1.807, 2.05) is 26.0 Å². The van der Waals surface area contributed by atoms with E-state index in [1.54, 1.807) is 0 Å². The van der Waals surface area contributed by atoms with E-state index in [9.17, 15) is 4.79 Å². The fourth-order valence-corrected chi connectivity index (χ4v) is 2.26. The lowest BCUT2D eigenvalue weighted by atomic mass is 9.87. The second-order valence-corrected chi connectivity index (χ2v) is 7.22. The van der Waals surface area contributed by atoms with Crippen LogP contribution in [0.1, 0.15) is 58.9 Å². The Morgan fingerprint density at radius 3 is 2.50 bits per heavy atom. The van der Waals surface area contributed by atoms with E-state index < -0.39 is 0 Å². The minimum absolute atomic E-state index is 0.0126. The predicted octanol–water partition coefficient (Wildman–Crippen LogP) is 3.88. The largest absolute Gasteiger partial charge is 0.354 e. The molecule has 2 aromatic rings. The SMILES string of the molecule is CCC(C)NC(=O)CCc1nc(-c2ccc(C(C)(C)C)cc2)no1. The summed E-state index contributed by atoms with van der Waals surface area (Å²) in [7, 11) is 0. The van der Waals surface area contributed by atoms with Crippen molar-refractivity contribution in [3.8, 4) is 11.4 Å². The Labute approximate surface area is 143 Å². The third-order valence-electron chi connectivity index (χ3n) is 4.06. The molecule has 0 saturated heterocycles. The smallest absolute Gasteiger partial charge is 0.227 e. The first-order chi connectivity index (χ1) is 11.3. The van der Waals surface area contributed by atoms with Gasteiger partial charge in [-0.25, -0.2) is 0 Å². The van der Waals surface area contributed by atoms with Gasteiger partial charge in [0.2, 0.25) is 17.6 Å². The van der Waals surface area contributed by atoms with Crippen LogP contribution in [0.2, 0.25) is 0 Å². The van der Waals surface area contributed by atoms with Gasteiger partial charge in [-0.1, -0.05) is 57.1 Å². The number of benzene rings is 1. The number of hydrogen-bond donors (Lipinski definition) is 1. The lowest BCUT2D eigenvalue weighted by Crippen LogP contribution is -2.32. The fourth-order valence-electron chi connectivity index (χ4n) is 2.26. The summed E-state index contributed by atoms with van der Waals surface area (Å²) in [4.78, 5) is 16.2. The number of rotatable bonds is 6. The van der Waals surface area contributed by atoms with Gasteiger partial charge in [0.15, 0.2) is 0 Å². The Balaban J connectivity index is 1.97. The molecule has 24 heavy (non-hydrogen) atoms. The van der Waals surface area contributed by atoms with Crippen LogP contribution >= 0.6 is 0 Å². The minimum atomic E-state index is 0.0126. The molecule has 5 nitrogen and oxygen atoms in total. The van der Waals surface area contributed by atoms with Crippen LogP contribution in [0.15, 0.2) is 28.8 Å². The molecule has 1 atom stereocenters. The second kappa shape index (κ2) is 7.60. The maximum absolute atomic E-state index is 11.8. The van der Waals surface area contributed by atoms with Crippen molar-refractivity contribution in [2.24, 2.45) is 0 Å². The van der Waals surface area contributed by atoms with Gasteiger partial charge in [0, 0.05) is 24.4 Å². The van der Waals surface area contributed by atoms with E-state index >= 15 is 0 Å². The third-order valence-corrected chi connectivity index (χ3v) is 4.06.